The molecule has 0 radical (unpaired) electrons. The molecule has 32 heavy (non-hydrogen) atoms. The van der Waals surface area contributed by atoms with E-state index in [1.54, 1.807) is 0 Å². The summed E-state index contributed by atoms with van der Waals surface area (Å²) in [5.41, 5.74) is 6.59. The van der Waals surface area contributed by atoms with Gasteiger partial charge in [0.2, 0.25) is 0 Å². The van der Waals surface area contributed by atoms with Gasteiger partial charge in [0, 0.05) is 54.8 Å². The minimum Gasteiger partial charge on any atom is -0.340 e. The molecule has 1 fully saturated rings. The van der Waals surface area contributed by atoms with E-state index in [0.29, 0.717) is 11.9 Å². The molecule has 2 aromatic heterocycles. The number of H-pyrrole nitrogens is 1. The van der Waals surface area contributed by atoms with Gasteiger partial charge in [0.15, 0.2) is 0 Å². The third-order valence-electron chi connectivity index (χ3n) is 6.22. The molecule has 0 amide bonds. The first-order chi connectivity index (χ1) is 15.6. The van der Waals surface area contributed by atoms with Crippen LogP contribution in [0.4, 0.5) is 17.5 Å². The molecule has 1 unspecified atom stereocenters. The Morgan fingerprint density at radius 3 is 2.81 bits per heavy atom. The number of nitrogens with zero attached hydrogens (tertiary/aromatic N) is 5. The van der Waals surface area contributed by atoms with E-state index < -0.39 is 0 Å². The highest BCUT2D eigenvalue weighted by Crippen LogP contribution is 2.29. The quantitative estimate of drug-likeness (QED) is 0.584. The van der Waals surface area contributed by atoms with Crippen LogP contribution in [0.3, 0.4) is 0 Å². The summed E-state index contributed by atoms with van der Waals surface area (Å²) in [6.45, 7) is 5.96. The van der Waals surface area contributed by atoms with Crippen molar-refractivity contribution < 1.29 is 0 Å². The summed E-state index contributed by atoms with van der Waals surface area (Å²) >= 11 is 0. The number of rotatable bonds is 4. The number of hydrogen-bond donors (Lipinski definition) is 3. The van der Waals surface area contributed by atoms with Crippen LogP contribution in [-0.2, 0) is 13.0 Å². The SMILES string of the molecule is CC1CCC(=Nc2nc3c(c(Nc4ccc(-c5cn[nH]c5)cc4)n2)CN(C)CC3)CNC1. The fourth-order valence-corrected chi connectivity index (χ4v) is 4.28. The lowest BCUT2D eigenvalue weighted by atomic mass is 10.1. The second-order valence-electron chi connectivity index (χ2n) is 8.93. The summed E-state index contributed by atoms with van der Waals surface area (Å²) in [7, 11) is 2.14. The number of aliphatic imine (C=N–C) groups is 1. The molecule has 2 aliphatic heterocycles. The molecule has 1 saturated heterocycles. The van der Waals surface area contributed by atoms with Crippen molar-refractivity contribution in [3.05, 3.63) is 47.9 Å². The van der Waals surface area contributed by atoms with Gasteiger partial charge in [0.05, 0.1) is 11.9 Å². The molecule has 166 valence electrons. The monoisotopic (exact) mass is 430 g/mol. The van der Waals surface area contributed by atoms with E-state index in [0.717, 1.165) is 85.0 Å². The molecule has 3 N–H and O–H groups in total. The third-order valence-corrected chi connectivity index (χ3v) is 6.22. The van der Waals surface area contributed by atoms with Gasteiger partial charge in [-0.15, -0.1) is 0 Å². The van der Waals surface area contributed by atoms with E-state index in [2.05, 4.69) is 64.0 Å². The van der Waals surface area contributed by atoms with Crippen molar-refractivity contribution in [1.82, 2.24) is 30.4 Å². The van der Waals surface area contributed by atoms with Crippen molar-refractivity contribution in [3.63, 3.8) is 0 Å². The molecule has 0 aliphatic carbocycles. The van der Waals surface area contributed by atoms with Crippen molar-refractivity contribution in [1.29, 1.82) is 0 Å². The Hall–Kier alpha value is -3.10. The Morgan fingerprint density at radius 2 is 2.00 bits per heavy atom. The molecule has 2 aliphatic rings. The predicted octanol–water partition coefficient (Wildman–Crippen LogP) is 3.69. The average Bonchev–Trinajstić information content (AvgIpc) is 3.26. The summed E-state index contributed by atoms with van der Waals surface area (Å²) in [5.74, 6) is 2.09. The Labute approximate surface area is 188 Å². The summed E-state index contributed by atoms with van der Waals surface area (Å²) in [6, 6.07) is 8.33. The summed E-state index contributed by atoms with van der Waals surface area (Å²) in [5, 5.41) is 13.9. The van der Waals surface area contributed by atoms with Gasteiger partial charge in [-0.25, -0.2) is 9.98 Å². The molecule has 8 nitrogen and oxygen atoms in total. The van der Waals surface area contributed by atoms with Gasteiger partial charge in [-0.05, 0) is 50.0 Å². The first-order valence-corrected chi connectivity index (χ1v) is 11.4. The van der Waals surface area contributed by atoms with Crippen molar-refractivity contribution in [2.24, 2.45) is 10.9 Å². The maximum atomic E-state index is 4.86. The lowest BCUT2D eigenvalue weighted by Gasteiger charge is -2.26. The van der Waals surface area contributed by atoms with E-state index in [-0.39, 0.29) is 0 Å². The Balaban J connectivity index is 1.44. The van der Waals surface area contributed by atoms with E-state index in [1.165, 1.54) is 0 Å². The zero-order valence-corrected chi connectivity index (χ0v) is 18.7. The topological polar surface area (TPSA) is 94.1 Å². The molecule has 0 saturated carbocycles. The van der Waals surface area contributed by atoms with Crippen LogP contribution < -0.4 is 10.6 Å². The summed E-state index contributed by atoms with van der Waals surface area (Å²) in [6.07, 6.45) is 6.78. The molecule has 1 atom stereocenters. The minimum atomic E-state index is 0.567. The predicted molar refractivity (Wildman–Crippen MR) is 128 cm³/mol. The molecular formula is C24H30N8. The standard InChI is InChI=1S/C24H30N8/c1-16-3-6-20(14-25-11-16)29-24-30-22-9-10-32(2)15-21(22)23(31-24)28-19-7-4-17(5-8-19)18-12-26-27-13-18/h4-5,7-8,12-13,16,25H,3,6,9-11,14-15H2,1-2H3,(H,26,27)(H,28,30,31). The van der Waals surface area contributed by atoms with E-state index in [4.69, 9.17) is 15.0 Å². The van der Waals surface area contributed by atoms with Gasteiger partial charge in [-0.2, -0.15) is 10.1 Å². The summed E-state index contributed by atoms with van der Waals surface area (Å²) in [4.78, 5) is 16.9. The molecule has 1 aromatic carbocycles. The van der Waals surface area contributed by atoms with Crippen LogP contribution in [0.25, 0.3) is 11.1 Å². The smallest absolute Gasteiger partial charge is 0.251 e. The lowest BCUT2D eigenvalue weighted by molar-refractivity contribution is 0.310. The highest BCUT2D eigenvalue weighted by atomic mass is 15.2. The van der Waals surface area contributed by atoms with Crippen molar-refractivity contribution in [3.8, 4) is 11.1 Å². The second-order valence-corrected chi connectivity index (χ2v) is 8.93. The van der Waals surface area contributed by atoms with Gasteiger partial charge in [-0.1, -0.05) is 19.1 Å². The maximum absolute atomic E-state index is 4.86. The highest BCUT2D eigenvalue weighted by Gasteiger charge is 2.21. The van der Waals surface area contributed by atoms with Crippen molar-refractivity contribution in [2.45, 2.75) is 32.7 Å². The highest BCUT2D eigenvalue weighted by molar-refractivity contribution is 5.88. The van der Waals surface area contributed by atoms with E-state index in [1.807, 2.05) is 12.4 Å². The fourth-order valence-electron chi connectivity index (χ4n) is 4.28. The van der Waals surface area contributed by atoms with Crippen molar-refractivity contribution in [2.75, 3.05) is 32.0 Å². The molecule has 8 heteroatoms. The van der Waals surface area contributed by atoms with Crippen LogP contribution in [0.15, 0.2) is 41.7 Å². The molecule has 4 heterocycles. The van der Waals surface area contributed by atoms with E-state index >= 15 is 0 Å². The molecule has 5 rings (SSSR count). The first-order valence-electron chi connectivity index (χ1n) is 11.4. The largest absolute Gasteiger partial charge is 0.340 e. The fraction of sp³-hybridized carbons (Fsp3) is 0.417. The zero-order valence-electron chi connectivity index (χ0n) is 18.7. The zero-order chi connectivity index (χ0) is 21.9. The normalized spacial score (nSPS) is 20.7. The second kappa shape index (κ2) is 9.18. The average molecular weight is 431 g/mol. The van der Waals surface area contributed by atoms with Crippen LogP contribution in [0.5, 0.6) is 0 Å². The van der Waals surface area contributed by atoms with Crippen LogP contribution in [0.1, 0.15) is 31.0 Å². The molecule has 0 bridgehead atoms. The van der Waals surface area contributed by atoms with Gasteiger partial charge in [0.1, 0.15) is 5.82 Å². The van der Waals surface area contributed by atoms with Crippen LogP contribution in [0.2, 0.25) is 0 Å². The Morgan fingerprint density at radius 1 is 1.12 bits per heavy atom. The van der Waals surface area contributed by atoms with Crippen LogP contribution in [0, 0.1) is 5.92 Å². The number of aromatic nitrogens is 4. The van der Waals surface area contributed by atoms with E-state index in [9.17, 15) is 0 Å². The number of nitrogens with one attached hydrogen (secondary N) is 3. The number of likely N-dealkylation sites (N-methyl/N-ethyl adjacent to an activating group) is 1. The number of aromatic amines is 1. The van der Waals surface area contributed by atoms with Crippen molar-refractivity contribution >= 4 is 23.2 Å². The molecule has 0 spiro atoms. The molecular weight excluding hydrogens is 400 g/mol. The van der Waals surface area contributed by atoms with Gasteiger partial charge < -0.3 is 15.5 Å². The maximum Gasteiger partial charge on any atom is 0.251 e. The Bertz CT molecular complexity index is 1090. The van der Waals surface area contributed by atoms with Gasteiger partial charge in [-0.3, -0.25) is 5.10 Å². The number of benzene rings is 1. The van der Waals surface area contributed by atoms with Crippen LogP contribution in [-0.4, -0.2) is 57.5 Å². The first kappa shape index (κ1) is 20.8. The summed E-state index contributed by atoms with van der Waals surface area (Å²) < 4.78 is 0. The lowest BCUT2D eigenvalue weighted by Crippen LogP contribution is -2.28. The van der Waals surface area contributed by atoms with Gasteiger partial charge >= 0.3 is 0 Å². The number of fused-ring (bicyclic) bond motifs is 1. The number of hydrogen-bond acceptors (Lipinski definition) is 7. The minimum absolute atomic E-state index is 0.567. The third kappa shape index (κ3) is 4.71. The number of anilines is 2. The van der Waals surface area contributed by atoms with Crippen LogP contribution >= 0.6 is 0 Å². The Kier molecular flexibility index (Phi) is 5.96. The molecule has 3 aromatic rings. The van der Waals surface area contributed by atoms with Gasteiger partial charge in [0.25, 0.3) is 5.95 Å².